The highest BCUT2D eigenvalue weighted by Crippen LogP contribution is 1.89. The summed E-state index contributed by atoms with van der Waals surface area (Å²) >= 11 is 0. The van der Waals surface area contributed by atoms with Crippen LogP contribution in [0.3, 0.4) is 0 Å². The Morgan fingerprint density at radius 2 is 1.92 bits per heavy atom. The summed E-state index contributed by atoms with van der Waals surface area (Å²) in [6.07, 6.45) is -0.167. The molecule has 12 heavy (non-hydrogen) atoms. The zero-order valence-electron chi connectivity index (χ0n) is 8.26. The van der Waals surface area contributed by atoms with Gasteiger partial charge < -0.3 is 9.84 Å². The molecule has 0 saturated heterocycles. The molecule has 0 aliphatic rings. The molecule has 0 aliphatic heterocycles. The van der Waals surface area contributed by atoms with Gasteiger partial charge in [0.25, 0.3) is 0 Å². The largest absolute Gasteiger partial charge is 0.463 e. The van der Waals surface area contributed by atoms with Crippen LogP contribution in [0.2, 0.25) is 0 Å². The van der Waals surface area contributed by atoms with Gasteiger partial charge in [-0.1, -0.05) is 6.58 Å². The van der Waals surface area contributed by atoms with Crippen molar-refractivity contribution in [3.05, 3.63) is 12.2 Å². The lowest BCUT2D eigenvalue weighted by Crippen LogP contribution is -2.03. The van der Waals surface area contributed by atoms with E-state index in [9.17, 15) is 4.79 Å². The summed E-state index contributed by atoms with van der Waals surface area (Å²) in [6.45, 7) is 10.7. The molecule has 3 heteroatoms. The lowest BCUT2D eigenvalue weighted by molar-refractivity contribution is -0.138. The third kappa shape index (κ3) is 16.1. The van der Waals surface area contributed by atoms with Gasteiger partial charge in [-0.2, -0.15) is 0 Å². The van der Waals surface area contributed by atoms with E-state index in [2.05, 4.69) is 11.3 Å². The van der Waals surface area contributed by atoms with Gasteiger partial charge in [0.05, 0.1) is 6.61 Å². The van der Waals surface area contributed by atoms with E-state index in [0.29, 0.717) is 12.2 Å². The second kappa shape index (κ2) is 8.27. The fraction of sp³-hybridized carbons (Fsp3) is 0.667. The van der Waals surface area contributed by atoms with E-state index in [4.69, 9.17) is 5.11 Å². The molecular weight excluding hydrogens is 156 g/mol. The molecule has 0 spiro atoms. The van der Waals surface area contributed by atoms with Gasteiger partial charge in [0, 0.05) is 11.7 Å². The minimum Gasteiger partial charge on any atom is -0.463 e. The quantitative estimate of drug-likeness (QED) is 0.510. The summed E-state index contributed by atoms with van der Waals surface area (Å²) < 4.78 is 4.56. The van der Waals surface area contributed by atoms with Gasteiger partial charge in [-0.05, 0) is 27.7 Å². The van der Waals surface area contributed by atoms with Crippen molar-refractivity contribution in [2.75, 3.05) is 6.61 Å². The molecule has 0 aromatic heterocycles. The average molecular weight is 174 g/mol. The Morgan fingerprint density at radius 1 is 1.58 bits per heavy atom. The van der Waals surface area contributed by atoms with E-state index in [1.807, 2.05) is 0 Å². The maximum absolute atomic E-state index is 10.4. The number of ether oxygens (including phenoxy) is 1. The Balaban J connectivity index is 0. The van der Waals surface area contributed by atoms with Crippen LogP contribution in [0.4, 0.5) is 0 Å². The second-order valence-electron chi connectivity index (χ2n) is 2.59. The first-order chi connectivity index (χ1) is 5.41. The predicted molar refractivity (Wildman–Crippen MR) is 48.8 cm³/mol. The fourth-order valence-corrected chi connectivity index (χ4v) is 0.254. The van der Waals surface area contributed by atoms with Crippen molar-refractivity contribution < 1.29 is 14.6 Å². The molecule has 0 radical (unpaired) electrons. The molecule has 0 saturated carbocycles. The van der Waals surface area contributed by atoms with Crippen LogP contribution in [-0.4, -0.2) is 23.8 Å². The highest BCUT2D eigenvalue weighted by molar-refractivity contribution is 5.86. The van der Waals surface area contributed by atoms with Gasteiger partial charge in [-0.3, -0.25) is 0 Å². The first kappa shape index (κ1) is 13.7. The van der Waals surface area contributed by atoms with Crippen molar-refractivity contribution >= 4 is 5.97 Å². The monoisotopic (exact) mass is 174 g/mol. The van der Waals surface area contributed by atoms with Crippen molar-refractivity contribution in [2.45, 2.75) is 33.8 Å². The number of hydrogen-bond acceptors (Lipinski definition) is 3. The smallest absolute Gasteiger partial charge is 0.333 e. The van der Waals surface area contributed by atoms with Crippen LogP contribution in [0.1, 0.15) is 27.7 Å². The minimum absolute atomic E-state index is 0.167. The van der Waals surface area contributed by atoms with Crippen molar-refractivity contribution in [3.63, 3.8) is 0 Å². The highest BCUT2D eigenvalue weighted by Gasteiger charge is 1.98. The molecule has 1 N–H and O–H groups in total. The van der Waals surface area contributed by atoms with Gasteiger partial charge >= 0.3 is 5.97 Å². The summed E-state index contributed by atoms with van der Waals surface area (Å²) in [6, 6.07) is 0. The maximum atomic E-state index is 10.4. The summed E-state index contributed by atoms with van der Waals surface area (Å²) in [5.41, 5.74) is 0.451. The molecule has 0 atom stereocenters. The summed E-state index contributed by atoms with van der Waals surface area (Å²) in [7, 11) is 0. The third-order valence-corrected chi connectivity index (χ3v) is 0.624. The van der Waals surface area contributed by atoms with Crippen LogP contribution in [0.25, 0.3) is 0 Å². The molecule has 0 heterocycles. The van der Waals surface area contributed by atoms with Crippen LogP contribution < -0.4 is 0 Å². The molecular formula is C9H18O3. The van der Waals surface area contributed by atoms with Gasteiger partial charge in [-0.25, -0.2) is 4.79 Å². The minimum atomic E-state index is -0.312. The van der Waals surface area contributed by atoms with E-state index >= 15 is 0 Å². The topological polar surface area (TPSA) is 46.5 Å². The molecule has 0 aromatic rings. The Morgan fingerprint density at radius 3 is 2.00 bits per heavy atom. The van der Waals surface area contributed by atoms with Crippen molar-refractivity contribution in [1.29, 1.82) is 0 Å². The molecule has 0 amide bonds. The van der Waals surface area contributed by atoms with E-state index in [0.717, 1.165) is 0 Å². The Hall–Kier alpha value is -0.830. The standard InChI is InChI=1S/C6H10O2.C3H8O/c1-4-8-6(7)5(2)3;1-3(2)4/h2,4H2,1,3H3;3-4H,1-2H3. The van der Waals surface area contributed by atoms with Crippen molar-refractivity contribution in [2.24, 2.45) is 0 Å². The second-order valence-corrected chi connectivity index (χ2v) is 2.59. The van der Waals surface area contributed by atoms with Crippen LogP contribution in [0.5, 0.6) is 0 Å². The molecule has 0 aromatic carbocycles. The normalized spacial score (nSPS) is 8.50. The third-order valence-electron chi connectivity index (χ3n) is 0.624. The number of aliphatic hydroxyl groups is 1. The maximum Gasteiger partial charge on any atom is 0.333 e. The Kier molecular flexibility index (Phi) is 9.47. The van der Waals surface area contributed by atoms with E-state index in [1.54, 1.807) is 27.7 Å². The van der Waals surface area contributed by atoms with E-state index in [-0.39, 0.29) is 12.1 Å². The molecule has 3 nitrogen and oxygen atoms in total. The van der Waals surface area contributed by atoms with E-state index < -0.39 is 0 Å². The van der Waals surface area contributed by atoms with E-state index in [1.165, 1.54) is 0 Å². The zero-order chi connectivity index (χ0) is 10.1. The van der Waals surface area contributed by atoms with Gasteiger partial charge in [0.2, 0.25) is 0 Å². The SMILES string of the molecule is C=C(C)C(=O)OCC.CC(C)O. The summed E-state index contributed by atoms with van der Waals surface area (Å²) in [4.78, 5) is 10.4. The van der Waals surface area contributed by atoms with Gasteiger partial charge in [-0.15, -0.1) is 0 Å². The summed E-state index contributed by atoms with van der Waals surface area (Å²) in [5.74, 6) is -0.312. The van der Waals surface area contributed by atoms with Crippen LogP contribution in [0, 0.1) is 0 Å². The van der Waals surface area contributed by atoms with Gasteiger partial charge in [0.15, 0.2) is 0 Å². The molecule has 0 unspecified atom stereocenters. The lowest BCUT2D eigenvalue weighted by Gasteiger charge is -1.96. The fourth-order valence-electron chi connectivity index (χ4n) is 0.254. The van der Waals surface area contributed by atoms with Crippen LogP contribution in [0.15, 0.2) is 12.2 Å². The molecule has 0 aliphatic carbocycles. The molecule has 72 valence electrons. The first-order valence-corrected chi connectivity index (χ1v) is 3.92. The summed E-state index contributed by atoms with van der Waals surface area (Å²) in [5, 5.41) is 8.06. The van der Waals surface area contributed by atoms with Gasteiger partial charge in [0.1, 0.15) is 0 Å². The van der Waals surface area contributed by atoms with Crippen molar-refractivity contribution in [3.8, 4) is 0 Å². The first-order valence-electron chi connectivity index (χ1n) is 3.92. The number of carbonyl (C=O) groups is 1. The zero-order valence-corrected chi connectivity index (χ0v) is 8.26. The Bertz CT molecular complexity index is 136. The molecule has 0 bridgehead atoms. The predicted octanol–water partition coefficient (Wildman–Crippen LogP) is 1.51. The van der Waals surface area contributed by atoms with Crippen LogP contribution >= 0.6 is 0 Å². The average Bonchev–Trinajstić information content (AvgIpc) is 1.86. The van der Waals surface area contributed by atoms with Crippen LogP contribution in [-0.2, 0) is 9.53 Å². The number of aliphatic hydroxyl groups excluding tert-OH is 1. The number of esters is 1. The molecule has 0 fully saturated rings. The number of rotatable bonds is 2. The van der Waals surface area contributed by atoms with Crippen molar-refractivity contribution in [1.82, 2.24) is 0 Å². The molecule has 0 rings (SSSR count). The number of hydrogen-bond donors (Lipinski definition) is 1. The Labute approximate surface area is 74.0 Å². The number of carbonyl (C=O) groups excluding carboxylic acids is 1. The lowest BCUT2D eigenvalue weighted by atomic mass is 10.4. The highest BCUT2D eigenvalue weighted by atomic mass is 16.5.